The average molecular weight is 1150 g/mol. The Morgan fingerprint density at radius 1 is 0.398 bits per heavy atom. The van der Waals surface area contributed by atoms with Gasteiger partial charge in [0.25, 0.3) is 0 Å². The molecule has 12 nitrogen and oxygen atoms in total. The van der Waals surface area contributed by atoms with E-state index in [1.165, 1.54) is 0 Å². The molecule has 0 aliphatic carbocycles. The summed E-state index contributed by atoms with van der Waals surface area (Å²) in [4.78, 5) is 51.2. The number of hydrogen-bond acceptors (Lipinski definition) is 11. The summed E-state index contributed by atoms with van der Waals surface area (Å²) in [6.07, 6.45) is 71.9. The molecular formula is C71H106O12. The van der Waals surface area contributed by atoms with Crippen LogP contribution in [0.15, 0.2) is 170 Å². The molecule has 12 heteroatoms. The van der Waals surface area contributed by atoms with Crippen molar-refractivity contribution in [3.63, 3.8) is 0 Å². The average Bonchev–Trinajstić information content (AvgIpc) is 3.59. The van der Waals surface area contributed by atoms with Gasteiger partial charge in [-0.25, -0.2) is 4.79 Å². The van der Waals surface area contributed by atoms with Gasteiger partial charge in [0, 0.05) is 19.3 Å². The van der Waals surface area contributed by atoms with E-state index in [-0.39, 0.29) is 25.9 Å². The summed E-state index contributed by atoms with van der Waals surface area (Å²) in [6, 6.07) is 0. The van der Waals surface area contributed by atoms with Crippen molar-refractivity contribution in [1.82, 2.24) is 0 Å². The van der Waals surface area contributed by atoms with Gasteiger partial charge in [0.1, 0.15) is 18.8 Å². The van der Waals surface area contributed by atoms with E-state index in [1.54, 1.807) is 0 Å². The predicted molar refractivity (Wildman–Crippen MR) is 339 cm³/mol. The zero-order chi connectivity index (χ0) is 60.3. The molecule has 1 aliphatic heterocycles. The largest absolute Gasteiger partial charge is 0.479 e. The second kappa shape index (κ2) is 56.6. The first-order valence-corrected chi connectivity index (χ1v) is 31.1. The van der Waals surface area contributed by atoms with Crippen molar-refractivity contribution >= 4 is 23.9 Å². The number of carboxylic acids is 1. The molecule has 6 atom stereocenters. The van der Waals surface area contributed by atoms with E-state index < -0.39 is 67.3 Å². The van der Waals surface area contributed by atoms with E-state index in [4.69, 9.17) is 23.7 Å². The summed E-state index contributed by atoms with van der Waals surface area (Å²) < 4.78 is 28.3. The molecule has 83 heavy (non-hydrogen) atoms. The first-order chi connectivity index (χ1) is 40.6. The number of aliphatic carboxylic acids is 1. The minimum atomic E-state index is -1.94. The van der Waals surface area contributed by atoms with E-state index in [9.17, 15) is 34.5 Å². The maximum absolute atomic E-state index is 13.2. The van der Waals surface area contributed by atoms with Crippen LogP contribution in [0.5, 0.6) is 0 Å². The molecule has 0 spiro atoms. The highest BCUT2D eigenvalue weighted by Crippen LogP contribution is 2.26. The summed E-state index contributed by atoms with van der Waals surface area (Å²) in [5.41, 5.74) is 0. The minimum Gasteiger partial charge on any atom is -0.479 e. The molecule has 1 fully saturated rings. The van der Waals surface area contributed by atoms with Crippen molar-refractivity contribution in [2.75, 3.05) is 13.2 Å². The van der Waals surface area contributed by atoms with Gasteiger partial charge in [-0.05, 0) is 128 Å². The molecule has 0 aromatic heterocycles. The number of esters is 3. The molecule has 0 radical (unpaired) electrons. The molecule has 0 amide bonds. The van der Waals surface area contributed by atoms with Crippen molar-refractivity contribution in [3.05, 3.63) is 170 Å². The predicted octanol–water partition coefficient (Wildman–Crippen LogP) is 16.7. The second-order valence-corrected chi connectivity index (χ2v) is 20.2. The number of hydrogen-bond donors (Lipinski definition) is 3. The Bertz CT molecular complexity index is 2090. The van der Waals surface area contributed by atoms with Gasteiger partial charge < -0.3 is 39.0 Å². The first-order valence-electron chi connectivity index (χ1n) is 31.1. The number of carboxylic acid groups (broad SMARTS) is 1. The molecule has 0 aromatic carbocycles. The number of carbonyl (C=O) groups is 4. The van der Waals surface area contributed by atoms with Crippen molar-refractivity contribution in [1.29, 1.82) is 0 Å². The van der Waals surface area contributed by atoms with Crippen LogP contribution < -0.4 is 0 Å². The molecule has 0 bridgehead atoms. The highest BCUT2D eigenvalue weighted by atomic mass is 16.7. The standard InChI is InChI=1S/C71H106O12/c1-4-7-10-13-16-19-22-25-28-31-32-35-36-39-42-45-48-51-54-57-63(72)79-60-62(81-64(73)58-55-52-49-46-43-40-37-33-29-26-23-20-17-14-11-8-5-2)61-80-71-69(67(76)66(75)68(83-71)70(77)78)82-65(74)59-56-53-50-47-44-41-38-34-30-27-24-21-18-15-12-9-6-3/h7-12,16-21,25-30,32,35,37,39-40,42,46,48-49,51,62,66-69,71,75-76H,4-6,13-15,22-24,31,33-34,36,38,41,43-45,47,50,52-61H2,1-3H3,(H,77,78)/b10-7-,11-8-,12-9-,19-16-,20-17-,21-18-,28-25-,29-26-,30-27-,35-32-,40-37-,42-39-,49-46-,51-48-. The third-order valence-electron chi connectivity index (χ3n) is 12.8. The fourth-order valence-corrected chi connectivity index (χ4v) is 8.15. The lowest BCUT2D eigenvalue weighted by Gasteiger charge is -2.40. The lowest BCUT2D eigenvalue weighted by atomic mass is 9.98. The van der Waals surface area contributed by atoms with Gasteiger partial charge in [-0.1, -0.05) is 223 Å². The van der Waals surface area contributed by atoms with E-state index in [0.29, 0.717) is 32.1 Å². The third-order valence-corrected chi connectivity index (χ3v) is 12.8. The smallest absolute Gasteiger partial charge is 0.335 e. The number of unbranched alkanes of at least 4 members (excludes halogenated alkanes) is 8. The molecule has 0 aromatic rings. The van der Waals surface area contributed by atoms with Crippen LogP contribution in [0.25, 0.3) is 0 Å². The molecule has 1 heterocycles. The van der Waals surface area contributed by atoms with Crippen LogP contribution in [-0.4, -0.2) is 89.2 Å². The van der Waals surface area contributed by atoms with E-state index in [1.807, 2.05) is 24.3 Å². The molecule has 1 aliphatic rings. The van der Waals surface area contributed by atoms with Crippen molar-refractivity contribution < 1.29 is 58.2 Å². The first kappa shape index (κ1) is 75.1. The number of aliphatic hydroxyl groups excluding tert-OH is 2. The summed E-state index contributed by atoms with van der Waals surface area (Å²) >= 11 is 0. The fourth-order valence-electron chi connectivity index (χ4n) is 8.15. The van der Waals surface area contributed by atoms with E-state index in [2.05, 4.69) is 167 Å². The van der Waals surface area contributed by atoms with Crippen LogP contribution in [0.3, 0.4) is 0 Å². The highest BCUT2D eigenvalue weighted by molar-refractivity contribution is 5.74. The van der Waals surface area contributed by atoms with Gasteiger partial charge >= 0.3 is 23.9 Å². The van der Waals surface area contributed by atoms with Gasteiger partial charge in [-0.3, -0.25) is 14.4 Å². The molecule has 1 rings (SSSR count). The second-order valence-electron chi connectivity index (χ2n) is 20.2. The van der Waals surface area contributed by atoms with Crippen molar-refractivity contribution in [3.8, 4) is 0 Å². The minimum absolute atomic E-state index is 0.0247. The van der Waals surface area contributed by atoms with Crippen LogP contribution in [0.4, 0.5) is 0 Å². The van der Waals surface area contributed by atoms with Crippen LogP contribution in [0, 0.1) is 0 Å². The van der Waals surface area contributed by atoms with E-state index in [0.717, 1.165) is 128 Å². The summed E-state index contributed by atoms with van der Waals surface area (Å²) in [6.45, 7) is 5.53. The molecule has 3 N–H and O–H groups in total. The Morgan fingerprint density at radius 3 is 1.18 bits per heavy atom. The lowest BCUT2D eigenvalue weighted by molar-refractivity contribution is -0.301. The third kappa shape index (κ3) is 46.2. The van der Waals surface area contributed by atoms with Crippen LogP contribution in [0.2, 0.25) is 0 Å². The van der Waals surface area contributed by atoms with Crippen LogP contribution in [0.1, 0.15) is 201 Å². The normalized spacial score (nSPS) is 18.8. The van der Waals surface area contributed by atoms with Crippen molar-refractivity contribution in [2.24, 2.45) is 0 Å². The Morgan fingerprint density at radius 2 is 0.759 bits per heavy atom. The number of aliphatic hydroxyl groups is 2. The topological polar surface area (TPSA) is 175 Å². The van der Waals surface area contributed by atoms with Crippen LogP contribution >= 0.6 is 0 Å². The molecule has 0 saturated carbocycles. The Kier molecular flexibility index (Phi) is 51.2. The number of carbonyl (C=O) groups excluding carboxylic acids is 3. The molecular weight excluding hydrogens is 1040 g/mol. The van der Waals surface area contributed by atoms with Gasteiger partial charge in [0.2, 0.25) is 0 Å². The molecule has 462 valence electrons. The lowest BCUT2D eigenvalue weighted by Crippen LogP contribution is -2.61. The van der Waals surface area contributed by atoms with Gasteiger partial charge in [0.05, 0.1) is 6.61 Å². The molecule has 6 unspecified atom stereocenters. The van der Waals surface area contributed by atoms with E-state index >= 15 is 0 Å². The van der Waals surface area contributed by atoms with Crippen molar-refractivity contribution in [2.45, 2.75) is 237 Å². The van der Waals surface area contributed by atoms with Crippen LogP contribution in [-0.2, 0) is 42.9 Å². The zero-order valence-electron chi connectivity index (χ0n) is 50.9. The number of ether oxygens (including phenoxy) is 5. The van der Waals surface area contributed by atoms with Gasteiger partial charge in [-0.15, -0.1) is 0 Å². The summed E-state index contributed by atoms with van der Waals surface area (Å²) in [5, 5.41) is 31.6. The number of allylic oxidation sites excluding steroid dienone is 28. The van der Waals surface area contributed by atoms with Gasteiger partial charge in [0.15, 0.2) is 24.6 Å². The SMILES string of the molecule is CC/C=C\C/C=C\C/C=C\C/C=C\C/C=C\C/C=C\CCC(=O)OCC(COC1OC(C(=O)O)C(O)C(O)C1OC(=O)CCCCCCCCC/C=C\C/C=C\C/C=C\CC)OC(=O)CCC/C=C\C/C=C\C/C=C\C/C=C\C/C=C\CC. The van der Waals surface area contributed by atoms with Gasteiger partial charge in [-0.2, -0.15) is 0 Å². The monoisotopic (exact) mass is 1150 g/mol. The summed E-state index contributed by atoms with van der Waals surface area (Å²) in [5.74, 6) is -3.36. The fraction of sp³-hybridized carbons (Fsp3) is 0.549. The highest BCUT2D eigenvalue weighted by Gasteiger charge is 2.50. The Hall–Kier alpha value is -5.92. The molecule has 1 saturated heterocycles. The quantitative estimate of drug-likeness (QED) is 0.0228. The summed E-state index contributed by atoms with van der Waals surface area (Å²) in [7, 11) is 0. The maximum Gasteiger partial charge on any atom is 0.335 e. The Balaban J connectivity index is 2.78. The number of rotatable bonds is 50. The zero-order valence-corrected chi connectivity index (χ0v) is 50.9. The maximum atomic E-state index is 13.2. The Labute approximate surface area is 500 Å².